The SMILES string of the molecule is O=C(O)NCC1=NOC(COc2ccccc2-c2cncnc2)C1. The second kappa shape index (κ2) is 7.40. The fraction of sp³-hybridized carbons (Fsp3) is 0.250. The Hall–Kier alpha value is -3.16. The Morgan fingerprint density at radius 1 is 1.33 bits per heavy atom. The average Bonchev–Trinajstić information content (AvgIpc) is 3.07. The molecule has 1 aliphatic heterocycles. The second-order valence-electron chi connectivity index (χ2n) is 5.18. The quantitative estimate of drug-likeness (QED) is 0.839. The highest BCUT2D eigenvalue weighted by Crippen LogP contribution is 2.29. The molecule has 2 aromatic rings. The summed E-state index contributed by atoms with van der Waals surface area (Å²) in [5.41, 5.74) is 2.41. The van der Waals surface area contributed by atoms with Crippen molar-refractivity contribution in [2.45, 2.75) is 12.5 Å². The minimum Gasteiger partial charge on any atom is -0.489 e. The van der Waals surface area contributed by atoms with Crippen molar-refractivity contribution in [2.75, 3.05) is 13.2 Å². The predicted molar refractivity (Wildman–Crippen MR) is 85.9 cm³/mol. The molecular formula is C16H16N4O4. The van der Waals surface area contributed by atoms with E-state index >= 15 is 0 Å². The van der Waals surface area contributed by atoms with Crippen molar-refractivity contribution < 1.29 is 19.5 Å². The molecule has 8 heteroatoms. The lowest BCUT2D eigenvalue weighted by atomic mass is 10.1. The van der Waals surface area contributed by atoms with Gasteiger partial charge in [0.2, 0.25) is 0 Å². The van der Waals surface area contributed by atoms with Crippen molar-refractivity contribution >= 4 is 11.8 Å². The van der Waals surface area contributed by atoms with Crippen LogP contribution in [0.25, 0.3) is 11.1 Å². The lowest BCUT2D eigenvalue weighted by Crippen LogP contribution is -2.28. The number of aromatic nitrogens is 2. The van der Waals surface area contributed by atoms with E-state index in [-0.39, 0.29) is 12.6 Å². The van der Waals surface area contributed by atoms with Crippen molar-refractivity contribution in [2.24, 2.45) is 5.16 Å². The number of para-hydroxylation sites is 1. The standard InChI is InChI=1S/C16H16N4O4/c21-16(22)19-8-12-5-13(24-20-12)9-23-15-4-2-1-3-14(15)11-6-17-10-18-7-11/h1-4,6-7,10,13,19H,5,8-9H2,(H,21,22). The highest BCUT2D eigenvalue weighted by molar-refractivity contribution is 5.89. The lowest BCUT2D eigenvalue weighted by Gasteiger charge is -2.13. The van der Waals surface area contributed by atoms with Crippen LogP contribution in [0.2, 0.25) is 0 Å². The number of amides is 1. The zero-order chi connectivity index (χ0) is 16.8. The third kappa shape index (κ3) is 3.97. The van der Waals surface area contributed by atoms with E-state index in [4.69, 9.17) is 14.7 Å². The van der Waals surface area contributed by atoms with Crippen molar-refractivity contribution in [3.8, 4) is 16.9 Å². The normalized spacial score (nSPS) is 16.2. The zero-order valence-corrected chi connectivity index (χ0v) is 12.8. The van der Waals surface area contributed by atoms with Gasteiger partial charge in [0.15, 0.2) is 6.10 Å². The van der Waals surface area contributed by atoms with E-state index < -0.39 is 6.09 Å². The van der Waals surface area contributed by atoms with E-state index in [0.717, 1.165) is 11.1 Å². The Morgan fingerprint density at radius 2 is 2.12 bits per heavy atom. The summed E-state index contributed by atoms with van der Waals surface area (Å²) in [4.78, 5) is 23.8. The molecule has 0 radical (unpaired) electrons. The number of benzene rings is 1. The van der Waals surface area contributed by atoms with Gasteiger partial charge in [-0.2, -0.15) is 0 Å². The Balaban J connectivity index is 1.58. The molecule has 0 bridgehead atoms. The van der Waals surface area contributed by atoms with Crippen LogP contribution in [0.15, 0.2) is 48.1 Å². The first kappa shape index (κ1) is 15.7. The number of rotatable bonds is 6. The van der Waals surface area contributed by atoms with Crippen LogP contribution in [0.5, 0.6) is 5.75 Å². The van der Waals surface area contributed by atoms with Gasteiger partial charge in [-0.1, -0.05) is 23.4 Å². The molecular weight excluding hydrogens is 312 g/mol. The Labute approximate surface area is 138 Å². The van der Waals surface area contributed by atoms with Crippen molar-refractivity contribution in [1.82, 2.24) is 15.3 Å². The predicted octanol–water partition coefficient (Wildman–Crippen LogP) is 1.93. The molecule has 1 aromatic heterocycles. The summed E-state index contributed by atoms with van der Waals surface area (Å²) in [6.07, 6.45) is 4.12. The molecule has 0 fully saturated rings. The van der Waals surface area contributed by atoms with E-state index in [1.165, 1.54) is 6.33 Å². The van der Waals surface area contributed by atoms with Crippen LogP contribution in [-0.2, 0) is 4.84 Å². The number of ether oxygens (including phenoxy) is 1. The summed E-state index contributed by atoms with van der Waals surface area (Å²) >= 11 is 0. The van der Waals surface area contributed by atoms with Gasteiger partial charge in [-0.05, 0) is 6.07 Å². The number of hydrogen-bond acceptors (Lipinski definition) is 6. The molecule has 2 N–H and O–H groups in total. The van der Waals surface area contributed by atoms with E-state index in [9.17, 15) is 4.79 Å². The van der Waals surface area contributed by atoms with Gasteiger partial charge in [0, 0.05) is 29.9 Å². The average molecular weight is 328 g/mol. The molecule has 24 heavy (non-hydrogen) atoms. The minimum absolute atomic E-state index is 0.157. The smallest absolute Gasteiger partial charge is 0.404 e. The summed E-state index contributed by atoms with van der Waals surface area (Å²) < 4.78 is 5.86. The Kier molecular flexibility index (Phi) is 4.85. The number of nitrogens with zero attached hydrogens (tertiary/aromatic N) is 3. The largest absolute Gasteiger partial charge is 0.489 e. The molecule has 124 valence electrons. The molecule has 1 amide bonds. The summed E-state index contributed by atoms with van der Waals surface area (Å²) in [5, 5.41) is 14.7. The number of carboxylic acid groups (broad SMARTS) is 1. The van der Waals surface area contributed by atoms with Gasteiger partial charge in [0.05, 0.1) is 12.3 Å². The van der Waals surface area contributed by atoms with Gasteiger partial charge < -0.3 is 20.0 Å². The van der Waals surface area contributed by atoms with E-state index in [0.29, 0.717) is 24.5 Å². The zero-order valence-electron chi connectivity index (χ0n) is 12.8. The summed E-state index contributed by atoms with van der Waals surface area (Å²) in [7, 11) is 0. The maximum Gasteiger partial charge on any atom is 0.404 e. The van der Waals surface area contributed by atoms with Crippen LogP contribution >= 0.6 is 0 Å². The number of carbonyl (C=O) groups is 1. The first-order valence-corrected chi connectivity index (χ1v) is 7.38. The maximum absolute atomic E-state index is 10.5. The molecule has 3 rings (SSSR count). The van der Waals surface area contributed by atoms with Crippen molar-refractivity contribution in [1.29, 1.82) is 0 Å². The number of oxime groups is 1. The van der Waals surface area contributed by atoms with Crippen LogP contribution in [0.4, 0.5) is 4.79 Å². The monoisotopic (exact) mass is 328 g/mol. The van der Waals surface area contributed by atoms with Gasteiger partial charge in [-0.15, -0.1) is 0 Å². The van der Waals surface area contributed by atoms with Crippen LogP contribution in [0.1, 0.15) is 6.42 Å². The molecule has 2 heterocycles. The fourth-order valence-corrected chi connectivity index (χ4v) is 2.31. The number of nitrogens with one attached hydrogen (secondary N) is 1. The molecule has 0 saturated carbocycles. The number of hydrogen-bond donors (Lipinski definition) is 2. The Morgan fingerprint density at radius 3 is 2.92 bits per heavy atom. The summed E-state index contributed by atoms with van der Waals surface area (Å²) in [6.45, 7) is 0.467. The van der Waals surface area contributed by atoms with Gasteiger partial charge in [0.1, 0.15) is 18.7 Å². The molecule has 1 aromatic carbocycles. The van der Waals surface area contributed by atoms with E-state index in [1.807, 2.05) is 24.3 Å². The molecule has 1 aliphatic rings. The Bertz CT molecular complexity index is 736. The molecule has 1 unspecified atom stereocenters. The maximum atomic E-state index is 10.5. The van der Waals surface area contributed by atoms with Crippen molar-refractivity contribution in [3.05, 3.63) is 43.0 Å². The lowest BCUT2D eigenvalue weighted by molar-refractivity contribution is 0.0472. The van der Waals surface area contributed by atoms with Gasteiger partial charge in [0.25, 0.3) is 0 Å². The second-order valence-corrected chi connectivity index (χ2v) is 5.18. The fourth-order valence-electron chi connectivity index (χ4n) is 2.31. The first-order valence-electron chi connectivity index (χ1n) is 7.38. The third-order valence-electron chi connectivity index (χ3n) is 3.42. The molecule has 8 nitrogen and oxygen atoms in total. The first-order chi connectivity index (χ1) is 11.7. The minimum atomic E-state index is -1.09. The van der Waals surface area contributed by atoms with Gasteiger partial charge >= 0.3 is 6.09 Å². The highest BCUT2D eigenvalue weighted by atomic mass is 16.7. The van der Waals surface area contributed by atoms with E-state index in [1.54, 1.807) is 12.4 Å². The molecule has 1 atom stereocenters. The molecule has 0 aliphatic carbocycles. The van der Waals surface area contributed by atoms with Crippen LogP contribution < -0.4 is 10.1 Å². The van der Waals surface area contributed by atoms with Crippen LogP contribution in [0.3, 0.4) is 0 Å². The van der Waals surface area contributed by atoms with Crippen LogP contribution in [0, 0.1) is 0 Å². The third-order valence-corrected chi connectivity index (χ3v) is 3.42. The topological polar surface area (TPSA) is 106 Å². The summed E-state index contributed by atoms with van der Waals surface area (Å²) in [5.74, 6) is 0.702. The summed E-state index contributed by atoms with van der Waals surface area (Å²) in [6, 6.07) is 7.60. The molecule has 0 saturated heterocycles. The van der Waals surface area contributed by atoms with E-state index in [2.05, 4.69) is 20.4 Å². The van der Waals surface area contributed by atoms with Gasteiger partial charge in [-0.3, -0.25) is 0 Å². The van der Waals surface area contributed by atoms with Crippen LogP contribution in [-0.4, -0.2) is 46.1 Å². The van der Waals surface area contributed by atoms with Gasteiger partial charge in [-0.25, -0.2) is 14.8 Å². The molecule has 0 spiro atoms. The van der Waals surface area contributed by atoms with Crippen molar-refractivity contribution in [3.63, 3.8) is 0 Å². The highest BCUT2D eigenvalue weighted by Gasteiger charge is 2.22.